The molecule has 0 bridgehead atoms. The van der Waals surface area contributed by atoms with E-state index in [9.17, 15) is 10.2 Å². The van der Waals surface area contributed by atoms with Crippen LogP contribution in [-0.4, -0.2) is 36.5 Å². The predicted molar refractivity (Wildman–Crippen MR) is 117 cm³/mol. The number of rotatable bonds is 7. The van der Waals surface area contributed by atoms with Gasteiger partial charge < -0.3 is 15.1 Å². The van der Waals surface area contributed by atoms with E-state index >= 15 is 0 Å². The highest BCUT2D eigenvalue weighted by atomic mass is 16.3. The van der Waals surface area contributed by atoms with E-state index in [0.717, 1.165) is 12.1 Å². The summed E-state index contributed by atoms with van der Waals surface area (Å²) in [7, 11) is 0. The van der Waals surface area contributed by atoms with Gasteiger partial charge in [-0.2, -0.15) is 0 Å². The van der Waals surface area contributed by atoms with Gasteiger partial charge >= 0.3 is 0 Å². The van der Waals surface area contributed by atoms with E-state index in [1.807, 2.05) is 4.90 Å². The molecule has 4 rings (SSSR count). The van der Waals surface area contributed by atoms with Gasteiger partial charge in [-0.1, -0.05) is 60.7 Å². The molecule has 0 aliphatic heterocycles. The maximum atomic E-state index is 9.25. The monoisotopic (exact) mass is 371 g/mol. The fraction of sp³-hybridized carbons (Fsp3) is 0.200. The molecule has 0 atom stereocenters. The van der Waals surface area contributed by atoms with Gasteiger partial charge in [0.15, 0.2) is 0 Å². The molecule has 2 N–H and O–H groups in total. The van der Waals surface area contributed by atoms with Crippen molar-refractivity contribution in [1.29, 1.82) is 0 Å². The van der Waals surface area contributed by atoms with Crippen molar-refractivity contribution in [2.24, 2.45) is 0 Å². The number of hydrogen-bond acceptors (Lipinski definition) is 3. The summed E-state index contributed by atoms with van der Waals surface area (Å²) in [5.41, 5.74) is 3.62. The Morgan fingerprint density at radius 2 is 1.18 bits per heavy atom. The Kier molecular flexibility index (Phi) is 5.56. The molecule has 142 valence electrons. The third-order valence-corrected chi connectivity index (χ3v) is 5.31. The SMILES string of the molecule is OCCN(CCO)c1ccc(Cc2c3ccccc3cc3ccccc23)cc1. The maximum absolute atomic E-state index is 9.25. The quantitative estimate of drug-likeness (QED) is 0.474. The Bertz CT molecular complexity index is 1010. The summed E-state index contributed by atoms with van der Waals surface area (Å²) < 4.78 is 0. The fourth-order valence-corrected chi connectivity index (χ4v) is 3.94. The van der Waals surface area contributed by atoms with Gasteiger partial charge in [0.2, 0.25) is 0 Å². The van der Waals surface area contributed by atoms with Crippen LogP contribution in [-0.2, 0) is 6.42 Å². The summed E-state index contributed by atoms with van der Waals surface area (Å²) in [4.78, 5) is 2.00. The van der Waals surface area contributed by atoms with Crippen molar-refractivity contribution in [3.63, 3.8) is 0 Å². The molecule has 4 aromatic carbocycles. The second-order valence-electron chi connectivity index (χ2n) is 7.07. The van der Waals surface area contributed by atoms with Crippen molar-refractivity contribution in [1.82, 2.24) is 0 Å². The van der Waals surface area contributed by atoms with Crippen LogP contribution < -0.4 is 4.90 Å². The van der Waals surface area contributed by atoms with Crippen LogP contribution >= 0.6 is 0 Å². The van der Waals surface area contributed by atoms with Crippen molar-refractivity contribution >= 4 is 27.2 Å². The summed E-state index contributed by atoms with van der Waals surface area (Å²) in [5.74, 6) is 0. The molecule has 0 heterocycles. The van der Waals surface area contributed by atoms with Gasteiger partial charge in [-0.3, -0.25) is 0 Å². The fourth-order valence-electron chi connectivity index (χ4n) is 3.94. The summed E-state index contributed by atoms with van der Waals surface area (Å²) >= 11 is 0. The molecule has 28 heavy (non-hydrogen) atoms. The van der Waals surface area contributed by atoms with E-state index in [-0.39, 0.29) is 13.2 Å². The molecule has 0 fully saturated rings. The van der Waals surface area contributed by atoms with Gasteiger partial charge in [-0.05, 0) is 57.3 Å². The minimum absolute atomic E-state index is 0.0732. The standard InChI is InChI=1S/C25H25NO2/c27-15-13-26(14-16-28)22-11-9-19(10-12-22)17-25-23-7-3-1-5-20(23)18-21-6-2-4-8-24(21)25/h1-12,18,27-28H,13-17H2. The second-order valence-corrected chi connectivity index (χ2v) is 7.07. The lowest BCUT2D eigenvalue weighted by Gasteiger charge is -2.23. The van der Waals surface area contributed by atoms with Crippen LogP contribution in [0.5, 0.6) is 0 Å². The molecule has 4 aromatic rings. The molecular weight excluding hydrogens is 346 g/mol. The number of hydrogen-bond donors (Lipinski definition) is 2. The molecule has 0 radical (unpaired) electrons. The second kappa shape index (κ2) is 8.42. The van der Waals surface area contributed by atoms with E-state index in [2.05, 4.69) is 78.9 Å². The zero-order valence-corrected chi connectivity index (χ0v) is 15.9. The van der Waals surface area contributed by atoms with Crippen LogP contribution in [0.4, 0.5) is 5.69 Å². The first-order valence-corrected chi connectivity index (χ1v) is 9.75. The molecule has 0 saturated carbocycles. The van der Waals surface area contributed by atoms with Gasteiger partial charge in [-0.15, -0.1) is 0 Å². The molecule has 0 spiro atoms. The summed E-state index contributed by atoms with van der Waals surface area (Å²) in [6.45, 7) is 1.19. The highest BCUT2D eigenvalue weighted by Gasteiger charge is 2.10. The first kappa shape index (κ1) is 18.5. The Labute approximate surface area is 165 Å². The molecule has 0 aromatic heterocycles. The zero-order chi connectivity index (χ0) is 19.3. The largest absolute Gasteiger partial charge is 0.395 e. The van der Waals surface area contributed by atoms with Crippen LogP contribution in [0.3, 0.4) is 0 Å². The predicted octanol–water partition coefficient (Wildman–Crippen LogP) is 4.37. The van der Waals surface area contributed by atoms with Crippen molar-refractivity contribution in [3.8, 4) is 0 Å². The lowest BCUT2D eigenvalue weighted by molar-refractivity contribution is 0.281. The molecular formula is C25H25NO2. The molecule has 3 nitrogen and oxygen atoms in total. The Hall–Kier alpha value is -2.88. The van der Waals surface area contributed by atoms with E-state index in [0.29, 0.717) is 13.1 Å². The van der Waals surface area contributed by atoms with E-state index in [1.54, 1.807) is 0 Å². The third-order valence-electron chi connectivity index (χ3n) is 5.31. The van der Waals surface area contributed by atoms with E-state index in [4.69, 9.17) is 0 Å². The normalized spacial score (nSPS) is 11.2. The zero-order valence-electron chi connectivity index (χ0n) is 15.9. The average Bonchev–Trinajstić information content (AvgIpc) is 2.74. The van der Waals surface area contributed by atoms with Crippen molar-refractivity contribution in [2.45, 2.75) is 6.42 Å². The Balaban J connectivity index is 1.71. The molecule has 0 amide bonds. The van der Waals surface area contributed by atoms with Crippen LogP contribution in [0.15, 0.2) is 78.9 Å². The summed E-state index contributed by atoms with van der Waals surface area (Å²) in [5, 5.41) is 23.6. The number of anilines is 1. The molecule has 0 unspecified atom stereocenters. The summed E-state index contributed by atoms with van der Waals surface area (Å²) in [6.07, 6.45) is 0.863. The van der Waals surface area contributed by atoms with Crippen LogP contribution in [0.1, 0.15) is 11.1 Å². The van der Waals surface area contributed by atoms with Gasteiger partial charge in [0, 0.05) is 18.8 Å². The number of benzene rings is 4. The minimum Gasteiger partial charge on any atom is -0.395 e. The van der Waals surface area contributed by atoms with Crippen LogP contribution in [0.25, 0.3) is 21.5 Å². The molecule has 0 aliphatic carbocycles. The highest BCUT2D eigenvalue weighted by Crippen LogP contribution is 2.30. The summed E-state index contributed by atoms with van der Waals surface area (Å²) in [6, 6.07) is 27.9. The van der Waals surface area contributed by atoms with Crippen LogP contribution in [0, 0.1) is 0 Å². The lowest BCUT2D eigenvalue weighted by Crippen LogP contribution is -2.29. The number of fused-ring (bicyclic) bond motifs is 2. The van der Waals surface area contributed by atoms with Crippen molar-refractivity contribution in [3.05, 3.63) is 90.0 Å². The van der Waals surface area contributed by atoms with Gasteiger partial charge in [0.1, 0.15) is 0 Å². The highest BCUT2D eigenvalue weighted by molar-refractivity contribution is 6.02. The Morgan fingerprint density at radius 3 is 1.71 bits per heavy atom. The smallest absolute Gasteiger partial charge is 0.0606 e. The van der Waals surface area contributed by atoms with E-state index < -0.39 is 0 Å². The van der Waals surface area contributed by atoms with Crippen LogP contribution in [0.2, 0.25) is 0 Å². The van der Waals surface area contributed by atoms with Crippen molar-refractivity contribution < 1.29 is 10.2 Å². The average molecular weight is 371 g/mol. The molecule has 3 heteroatoms. The number of aliphatic hydroxyl groups is 2. The Morgan fingerprint density at radius 1 is 0.643 bits per heavy atom. The first-order valence-electron chi connectivity index (χ1n) is 9.75. The molecule has 0 saturated heterocycles. The van der Waals surface area contributed by atoms with Gasteiger partial charge in [0.05, 0.1) is 13.2 Å². The van der Waals surface area contributed by atoms with Gasteiger partial charge in [-0.25, -0.2) is 0 Å². The third kappa shape index (κ3) is 3.72. The van der Waals surface area contributed by atoms with Crippen molar-refractivity contribution in [2.75, 3.05) is 31.2 Å². The molecule has 0 aliphatic rings. The lowest BCUT2D eigenvalue weighted by atomic mass is 9.92. The maximum Gasteiger partial charge on any atom is 0.0606 e. The number of aliphatic hydroxyl groups excluding tert-OH is 2. The number of nitrogens with zero attached hydrogens (tertiary/aromatic N) is 1. The first-order chi connectivity index (χ1) is 13.8. The minimum atomic E-state index is 0.0732. The van der Waals surface area contributed by atoms with E-state index in [1.165, 1.54) is 32.7 Å². The topological polar surface area (TPSA) is 43.7 Å². The van der Waals surface area contributed by atoms with Gasteiger partial charge in [0.25, 0.3) is 0 Å².